The Hall–Kier alpha value is -3.57. The van der Waals surface area contributed by atoms with Gasteiger partial charge >= 0.3 is 6.09 Å². The van der Waals surface area contributed by atoms with Gasteiger partial charge in [-0.15, -0.1) is 0 Å². The number of nitrogens with zero attached hydrogens (tertiary/aromatic N) is 2. The van der Waals surface area contributed by atoms with E-state index in [-0.39, 0.29) is 44.3 Å². The van der Waals surface area contributed by atoms with E-state index in [2.05, 4.69) is 0 Å². The second-order valence-electron chi connectivity index (χ2n) is 10.2. The molecule has 214 valence electrons. The van der Waals surface area contributed by atoms with Crippen molar-refractivity contribution in [3.8, 4) is 11.1 Å². The van der Waals surface area contributed by atoms with E-state index in [0.29, 0.717) is 0 Å². The van der Waals surface area contributed by atoms with Crippen molar-refractivity contribution in [1.29, 1.82) is 0 Å². The highest BCUT2D eigenvalue weighted by Gasteiger charge is 2.28. The third-order valence-corrected chi connectivity index (χ3v) is 7.89. The number of aromatic nitrogens is 1. The van der Waals surface area contributed by atoms with Gasteiger partial charge in [-0.05, 0) is 56.7 Å². The van der Waals surface area contributed by atoms with Crippen LogP contribution < -0.4 is 10.5 Å². The van der Waals surface area contributed by atoms with Gasteiger partial charge in [0.1, 0.15) is 17.2 Å². The molecule has 2 aromatic carbocycles. The van der Waals surface area contributed by atoms with Gasteiger partial charge in [0.05, 0.1) is 16.5 Å². The number of carbonyl (C=O) groups is 2. The summed E-state index contributed by atoms with van der Waals surface area (Å²) in [5.74, 6) is -3.35. The molecule has 8 nitrogen and oxygen atoms in total. The van der Waals surface area contributed by atoms with Gasteiger partial charge in [-0.3, -0.25) is 14.5 Å². The number of benzene rings is 2. The number of ketones is 1. The van der Waals surface area contributed by atoms with Crippen LogP contribution in [0.5, 0.6) is 0 Å². The van der Waals surface area contributed by atoms with E-state index in [9.17, 15) is 27.2 Å². The van der Waals surface area contributed by atoms with E-state index in [1.807, 2.05) is 0 Å². The van der Waals surface area contributed by atoms with Crippen molar-refractivity contribution >= 4 is 39.0 Å². The molecule has 0 aliphatic carbocycles. The van der Waals surface area contributed by atoms with Crippen LogP contribution in [0.2, 0.25) is 5.02 Å². The average molecular weight is 595 g/mol. The van der Waals surface area contributed by atoms with Crippen LogP contribution in [0.15, 0.2) is 47.4 Å². The Balaban J connectivity index is 2.37. The summed E-state index contributed by atoms with van der Waals surface area (Å²) in [5.41, 5.74) is -1.80. The number of hydrogen-bond donors (Lipinski definition) is 0. The van der Waals surface area contributed by atoms with E-state index in [1.165, 1.54) is 37.8 Å². The molecule has 0 N–H and O–H groups in total. The first-order chi connectivity index (χ1) is 18.4. The van der Waals surface area contributed by atoms with E-state index < -0.39 is 50.3 Å². The van der Waals surface area contributed by atoms with Crippen LogP contribution in [0, 0.1) is 11.6 Å². The van der Waals surface area contributed by atoms with Gasteiger partial charge in [0.15, 0.2) is 15.6 Å². The van der Waals surface area contributed by atoms with Crippen LogP contribution in [0.1, 0.15) is 49.2 Å². The molecule has 0 aliphatic rings. The van der Waals surface area contributed by atoms with Gasteiger partial charge in [-0.1, -0.05) is 18.5 Å². The van der Waals surface area contributed by atoms with Crippen LogP contribution in [-0.2, 0) is 27.4 Å². The van der Waals surface area contributed by atoms with Crippen molar-refractivity contribution in [2.45, 2.75) is 39.0 Å². The molecule has 0 atom stereocenters. The maximum atomic E-state index is 15.3. The fraction of sp³-hybridized carbons (Fsp3) is 0.321. The van der Waals surface area contributed by atoms with Gasteiger partial charge in [0.2, 0.25) is 0 Å². The van der Waals surface area contributed by atoms with Gasteiger partial charge < -0.3 is 9.30 Å². The SMILES string of the molecule is CCS(=O)(=O)Cc1cc(-c2cn(C)c(=O)cc2N(C)C(=O)OC(C)(C)C)c(C(=O)c2ccc(F)cc2Cl)cc1F. The Morgan fingerprint density at radius 3 is 2.27 bits per heavy atom. The molecule has 12 heteroatoms. The quantitative estimate of drug-likeness (QED) is 0.334. The lowest BCUT2D eigenvalue weighted by Gasteiger charge is -2.26. The second kappa shape index (κ2) is 11.5. The summed E-state index contributed by atoms with van der Waals surface area (Å²) < 4.78 is 60.4. The summed E-state index contributed by atoms with van der Waals surface area (Å²) in [6, 6.07) is 6.31. The summed E-state index contributed by atoms with van der Waals surface area (Å²) in [6.45, 7) is 6.40. The number of rotatable bonds is 7. The first kappa shape index (κ1) is 31.0. The van der Waals surface area contributed by atoms with Gasteiger partial charge in [-0.25, -0.2) is 22.0 Å². The Bertz CT molecular complexity index is 1660. The molecule has 1 amide bonds. The standard InChI is InChI=1S/C28H29ClF2N2O6S/c1-7-40(37,38)15-16-10-19(20(12-23(16)31)26(35)18-9-8-17(30)11-22(18)29)21-14-32(5)25(34)13-24(21)33(6)27(36)39-28(2,3)4/h8-14H,7,15H2,1-6H3. The predicted octanol–water partition coefficient (Wildman–Crippen LogP) is 5.52. The summed E-state index contributed by atoms with van der Waals surface area (Å²) in [5, 5.41) is -0.222. The molecule has 0 bridgehead atoms. The fourth-order valence-electron chi connectivity index (χ4n) is 3.83. The molecule has 40 heavy (non-hydrogen) atoms. The van der Waals surface area contributed by atoms with Crippen LogP contribution >= 0.6 is 11.6 Å². The number of carbonyl (C=O) groups excluding carboxylic acids is 2. The molecule has 0 radical (unpaired) electrons. The van der Waals surface area contributed by atoms with Crippen molar-refractivity contribution in [3.05, 3.63) is 86.3 Å². The molecule has 0 saturated heterocycles. The van der Waals surface area contributed by atoms with E-state index in [4.69, 9.17) is 16.3 Å². The number of pyridine rings is 1. The van der Waals surface area contributed by atoms with Crippen molar-refractivity contribution < 1.29 is 31.5 Å². The number of aryl methyl sites for hydroxylation is 1. The number of anilines is 1. The largest absolute Gasteiger partial charge is 0.443 e. The summed E-state index contributed by atoms with van der Waals surface area (Å²) in [4.78, 5) is 40.3. The van der Waals surface area contributed by atoms with Crippen LogP contribution in [0.4, 0.5) is 19.3 Å². The van der Waals surface area contributed by atoms with Crippen LogP contribution in [0.25, 0.3) is 11.1 Å². The summed E-state index contributed by atoms with van der Waals surface area (Å²) in [6.07, 6.45) is 0.528. The lowest BCUT2D eigenvalue weighted by atomic mass is 9.91. The topological polar surface area (TPSA) is 103 Å². The van der Waals surface area contributed by atoms with Crippen LogP contribution in [-0.4, -0.2) is 43.3 Å². The zero-order valence-electron chi connectivity index (χ0n) is 22.8. The molecular formula is C28H29ClF2N2O6S. The molecule has 0 aliphatic heterocycles. The molecule has 0 fully saturated rings. The summed E-state index contributed by atoms with van der Waals surface area (Å²) >= 11 is 6.13. The third-order valence-electron chi connectivity index (χ3n) is 5.95. The minimum atomic E-state index is -3.69. The zero-order valence-corrected chi connectivity index (χ0v) is 24.4. The van der Waals surface area contributed by atoms with Gasteiger partial charge in [-0.2, -0.15) is 0 Å². The van der Waals surface area contributed by atoms with E-state index >= 15 is 4.39 Å². The first-order valence-corrected chi connectivity index (χ1v) is 14.3. The van der Waals surface area contributed by atoms with Crippen molar-refractivity contribution in [2.24, 2.45) is 7.05 Å². The maximum Gasteiger partial charge on any atom is 0.414 e. The Labute approximate surface area is 236 Å². The molecule has 1 aromatic heterocycles. The monoisotopic (exact) mass is 594 g/mol. The van der Waals surface area contributed by atoms with Crippen LogP contribution in [0.3, 0.4) is 0 Å². The number of hydrogen-bond acceptors (Lipinski definition) is 6. The molecule has 3 aromatic rings. The molecular weight excluding hydrogens is 566 g/mol. The minimum Gasteiger partial charge on any atom is -0.443 e. The van der Waals surface area contributed by atoms with Gasteiger partial charge in [0, 0.05) is 54.4 Å². The van der Waals surface area contributed by atoms with Crippen molar-refractivity contribution in [2.75, 3.05) is 17.7 Å². The Morgan fingerprint density at radius 1 is 1.05 bits per heavy atom. The Kier molecular flexibility index (Phi) is 8.90. The molecule has 0 spiro atoms. The maximum absolute atomic E-state index is 15.3. The lowest BCUT2D eigenvalue weighted by Crippen LogP contribution is -2.35. The second-order valence-corrected chi connectivity index (χ2v) is 12.9. The molecule has 0 saturated carbocycles. The smallest absolute Gasteiger partial charge is 0.414 e. The Morgan fingerprint density at radius 2 is 1.70 bits per heavy atom. The highest BCUT2D eigenvalue weighted by molar-refractivity contribution is 7.90. The first-order valence-electron chi connectivity index (χ1n) is 12.1. The average Bonchev–Trinajstić information content (AvgIpc) is 2.84. The van der Waals surface area contributed by atoms with E-state index in [1.54, 1.807) is 20.8 Å². The van der Waals surface area contributed by atoms with Crippen molar-refractivity contribution in [3.63, 3.8) is 0 Å². The molecule has 0 unspecified atom stereocenters. The predicted molar refractivity (Wildman–Crippen MR) is 150 cm³/mol. The zero-order chi connectivity index (χ0) is 30.2. The number of ether oxygens (including phenoxy) is 1. The molecule has 1 heterocycles. The third kappa shape index (κ3) is 6.95. The fourth-order valence-corrected chi connectivity index (χ4v) is 4.98. The highest BCUT2D eigenvalue weighted by Crippen LogP contribution is 2.36. The molecule has 3 rings (SSSR count). The normalized spacial score (nSPS) is 11.8. The van der Waals surface area contributed by atoms with Gasteiger partial charge in [0.25, 0.3) is 5.56 Å². The van der Waals surface area contributed by atoms with Crippen molar-refractivity contribution in [1.82, 2.24) is 4.57 Å². The number of amides is 1. The highest BCUT2D eigenvalue weighted by atomic mass is 35.5. The van der Waals surface area contributed by atoms with E-state index in [0.717, 1.165) is 35.2 Å². The number of halogens is 3. The minimum absolute atomic E-state index is 0.0208. The summed E-state index contributed by atoms with van der Waals surface area (Å²) in [7, 11) is -0.898. The number of sulfone groups is 1. The lowest BCUT2D eigenvalue weighted by molar-refractivity contribution is 0.0589.